The van der Waals surface area contributed by atoms with Crippen molar-refractivity contribution < 1.29 is 32.2 Å². The number of benzene rings is 1. The Hall–Kier alpha value is -2.05. The number of halogens is 3. The van der Waals surface area contributed by atoms with Gasteiger partial charge in [0, 0.05) is 5.56 Å². The summed E-state index contributed by atoms with van der Waals surface area (Å²) in [6.07, 6.45) is -5.19. The van der Waals surface area contributed by atoms with E-state index < -0.39 is 23.7 Å². The molecule has 7 heteroatoms. The van der Waals surface area contributed by atoms with Crippen LogP contribution in [0.25, 0.3) is 0 Å². The second-order valence-electron chi connectivity index (χ2n) is 3.78. The predicted octanol–water partition coefficient (Wildman–Crippen LogP) is 2.18. The maximum absolute atomic E-state index is 12.2. The highest BCUT2D eigenvalue weighted by Crippen LogP contribution is 2.30. The van der Waals surface area contributed by atoms with Gasteiger partial charge in [0.1, 0.15) is 0 Å². The molecule has 1 atom stereocenters. The lowest BCUT2D eigenvalue weighted by Crippen LogP contribution is -2.42. The molecule has 1 rings (SSSR count). The van der Waals surface area contributed by atoms with Crippen molar-refractivity contribution in [3.8, 4) is 0 Å². The molecule has 0 aliphatic heterocycles. The van der Waals surface area contributed by atoms with Crippen LogP contribution in [0.2, 0.25) is 0 Å². The smallest absolute Gasteiger partial charge is 0.466 e. The van der Waals surface area contributed by atoms with Crippen LogP contribution in [0.3, 0.4) is 0 Å². The van der Waals surface area contributed by atoms with Gasteiger partial charge < -0.3 is 9.47 Å². The summed E-state index contributed by atoms with van der Waals surface area (Å²) < 4.78 is 45.4. The lowest BCUT2D eigenvalue weighted by Gasteiger charge is -2.27. The third-order valence-corrected chi connectivity index (χ3v) is 2.43. The summed E-state index contributed by atoms with van der Waals surface area (Å²) >= 11 is 0. The van der Waals surface area contributed by atoms with E-state index in [0.717, 1.165) is 14.0 Å². The van der Waals surface area contributed by atoms with Crippen LogP contribution >= 0.6 is 0 Å². The molecule has 1 aromatic rings. The Morgan fingerprint density at radius 1 is 1.05 bits per heavy atom. The average molecular weight is 276 g/mol. The number of ether oxygens (including phenoxy) is 2. The number of carbonyl (C=O) groups excluding carboxylic acids is 2. The molecule has 0 fully saturated rings. The van der Waals surface area contributed by atoms with E-state index in [2.05, 4.69) is 9.47 Å². The zero-order valence-corrected chi connectivity index (χ0v) is 10.2. The third kappa shape index (κ3) is 3.24. The van der Waals surface area contributed by atoms with E-state index in [1.807, 2.05) is 0 Å². The van der Waals surface area contributed by atoms with E-state index in [1.54, 1.807) is 6.07 Å². The fraction of sp³-hybridized carbons (Fsp3) is 0.333. The summed E-state index contributed by atoms with van der Waals surface area (Å²) in [5.41, 5.74) is -2.07. The average Bonchev–Trinajstić information content (AvgIpc) is 2.37. The molecule has 0 amide bonds. The van der Waals surface area contributed by atoms with Crippen molar-refractivity contribution in [2.45, 2.75) is 18.7 Å². The van der Waals surface area contributed by atoms with Crippen molar-refractivity contribution in [3.05, 3.63) is 35.9 Å². The number of rotatable bonds is 3. The van der Waals surface area contributed by atoms with Crippen LogP contribution in [0.15, 0.2) is 30.3 Å². The van der Waals surface area contributed by atoms with Gasteiger partial charge in [-0.2, -0.15) is 13.2 Å². The molecule has 1 aromatic carbocycles. The third-order valence-electron chi connectivity index (χ3n) is 2.43. The highest BCUT2D eigenvalue weighted by atomic mass is 19.4. The Morgan fingerprint density at radius 3 is 2.00 bits per heavy atom. The van der Waals surface area contributed by atoms with Gasteiger partial charge in [0.05, 0.1) is 7.11 Å². The fourth-order valence-corrected chi connectivity index (χ4v) is 1.41. The molecule has 0 radical (unpaired) electrons. The van der Waals surface area contributed by atoms with Crippen molar-refractivity contribution >= 4 is 11.9 Å². The van der Waals surface area contributed by atoms with Gasteiger partial charge in [0.25, 0.3) is 0 Å². The molecule has 0 saturated carbocycles. The number of carbonyl (C=O) groups is 2. The molecule has 0 N–H and O–H groups in total. The van der Waals surface area contributed by atoms with Crippen molar-refractivity contribution in [2.75, 3.05) is 7.11 Å². The van der Waals surface area contributed by atoms with E-state index in [4.69, 9.17) is 0 Å². The zero-order chi connectivity index (χ0) is 14.7. The first-order valence-corrected chi connectivity index (χ1v) is 5.16. The first kappa shape index (κ1) is 15.0. The maximum Gasteiger partial charge on any atom is 0.490 e. The number of esters is 2. The van der Waals surface area contributed by atoms with Gasteiger partial charge in [-0.1, -0.05) is 30.3 Å². The molecular formula is C12H11F3O4. The van der Waals surface area contributed by atoms with Crippen LogP contribution in [0, 0.1) is 0 Å². The second-order valence-corrected chi connectivity index (χ2v) is 3.78. The van der Waals surface area contributed by atoms with Crippen LogP contribution in [0.1, 0.15) is 12.5 Å². The molecule has 4 nitrogen and oxygen atoms in total. The molecule has 0 heterocycles. The second kappa shape index (κ2) is 5.29. The minimum Gasteiger partial charge on any atom is -0.466 e. The van der Waals surface area contributed by atoms with Crippen LogP contribution in [-0.4, -0.2) is 25.2 Å². The molecule has 0 saturated heterocycles. The summed E-state index contributed by atoms with van der Waals surface area (Å²) in [6.45, 7) is 1.04. The predicted molar refractivity (Wildman–Crippen MR) is 58.0 cm³/mol. The van der Waals surface area contributed by atoms with Crippen molar-refractivity contribution in [2.24, 2.45) is 0 Å². The monoisotopic (exact) mass is 276 g/mol. The van der Waals surface area contributed by atoms with E-state index in [9.17, 15) is 22.8 Å². The van der Waals surface area contributed by atoms with E-state index in [-0.39, 0.29) is 5.56 Å². The van der Waals surface area contributed by atoms with Crippen LogP contribution in [0.4, 0.5) is 13.2 Å². The Bertz CT molecular complexity index is 470. The Balaban J connectivity index is 3.16. The molecule has 0 bridgehead atoms. The van der Waals surface area contributed by atoms with Crippen molar-refractivity contribution in [1.29, 1.82) is 0 Å². The molecule has 0 unspecified atom stereocenters. The summed E-state index contributed by atoms with van der Waals surface area (Å²) in [6, 6.07) is 7.32. The van der Waals surface area contributed by atoms with Gasteiger partial charge >= 0.3 is 18.1 Å². The standard InChI is InChI=1S/C12H11F3O4/c1-11(9(16)18-2,8-6-4-3-5-7-8)19-10(17)12(13,14)15/h3-7H,1-2H3/t11-/m0/s1. The van der Waals surface area contributed by atoms with Gasteiger partial charge in [-0.05, 0) is 6.92 Å². The zero-order valence-electron chi connectivity index (χ0n) is 10.2. The number of alkyl halides is 3. The summed E-state index contributed by atoms with van der Waals surface area (Å²) in [7, 11) is 0.991. The Kier molecular flexibility index (Phi) is 4.18. The molecule has 0 aliphatic carbocycles. The fourth-order valence-electron chi connectivity index (χ4n) is 1.41. The molecular weight excluding hydrogens is 265 g/mol. The Morgan fingerprint density at radius 2 is 1.58 bits per heavy atom. The highest BCUT2D eigenvalue weighted by molar-refractivity contribution is 5.86. The minimum atomic E-state index is -5.19. The van der Waals surface area contributed by atoms with Crippen molar-refractivity contribution in [1.82, 2.24) is 0 Å². The summed E-state index contributed by atoms with van der Waals surface area (Å²) in [4.78, 5) is 22.5. The van der Waals surface area contributed by atoms with Crippen LogP contribution in [-0.2, 0) is 24.7 Å². The first-order chi connectivity index (χ1) is 8.71. The SMILES string of the molecule is COC(=O)[C@@](C)(OC(=O)C(F)(F)F)c1ccccc1. The molecule has 19 heavy (non-hydrogen) atoms. The van der Waals surface area contributed by atoms with E-state index in [1.165, 1.54) is 24.3 Å². The number of hydrogen-bond donors (Lipinski definition) is 0. The number of methoxy groups -OCH3 is 1. The van der Waals surface area contributed by atoms with Gasteiger partial charge in [0.15, 0.2) is 0 Å². The minimum absolute atomic E-state index is 0.0828. The van der Waals surface area contributed by atoms with E-state index in [0.29, 0.717) is 0 Å². The lowest BCUT2D eigenvalue weighted by atomic mass is 9.96. The molecule has 0 aliphatic rings. The van der Waals surface area contributed by atoms with Gasteiger partial charge in [0.2, 0.25) is 5.60 Å². The molecule has 104 valence electrons. The van der Waals surface area contributed by atoms with Gasteiger partial charge in [-0.3, -0.25) is 0 Å². The lowest BCUT2D eigenvalue weighted by molar-refractivity contribution is -0.218. The largest absolute Gasteiger partial charge is 0.490 e. The van der Waals surface area contributed by atoms with Gasteiger partial charge in [-0.15, -0.1) is 0 Å². The van der Waals surface area contributed by atoms with Crippen molar-refractivity contribution in [3.63, 3.8) is 0 Å². The highest BCUT2D eigenvalue weighted by Gasteiger charge is 2.49. The summed E-state index contributed by atoms with van der Waals surface area (Å²) in [5, 5.41) is 0. The topological polar surface area (TPSA) is 52.6 Å². The Labute approximate surface area is 107 Å². The quantitative estimate of drug-likeness (QED) is 0.794. The van der Waals surface area contributed by atoms with E-state index >= 15 is 0 Å². The molecule has 0 aromatic heterocycles. The van der Waals surface area contributed by atoms with Crippen LogP contribution in [0.5, 0.6) is 0 Å². The maximum atomic E-state index is 12.2. The molecule has 0 spiro atoms. The normalized spacial score (nSPS) is 14.4. The number of hydrogen-bond acceptors (Lipinski definition) is 4. The van der Waals surface area contributed by atoms with Gasteiger partial charge in [-0.25, -0.2) is 9.59 Å². The first-order valence-electron chi connectivity index (χ1n) is 5.16. The van der Waals surface area contributed by atoms with Crippen LogP contribution < -0.4 is 0 Å². The summed E-state index contributed by atoms with van der Waals surface area (Å²) in [5.74, 6) is -3.56.